The summed E-state index contributed by atoms with van der Waals surface area (Å²) < 4.78 is 5.20. The fourth-order valence-corrected chi connectivity index (χ4v) is 3.21. The number of carbonyl (C=O) groups is 1. The van der Waals surface area contributed by atoms with E-state index in [1.807, 2.05) is 12.1 Å². The number of carboxylic acid groups (broad SMARTS) is 1. The van der Waals surface area contributed by atoms with E-state index in [2.05, 4.69) is 28.7 Å². The molecule has 0 aliphatic heterocycles. The number of carboxylic acids is 1. The molecule has 0 bridgehead atoms. The van der Waals surface area contributed by atoms with Gasteiger partial charge in [-0.15, -0.1) is 0 Å². The van der Waals surface area contributed by atoms with E-state index in [-0.39, 0.29) is 5.56 Å². The molecule has 0 spiro atoms. The van der Waals surface area contributed by atoms with Crippen molar-refractivity contribution >= 4 is 23.5 Å². The Bertz CT molecular complexity index is 720. The maximum Gasteiger partial charge on any atom is 0.190 e. The Morgan fingerprint density at radius 2 is 2.00 bits per heavy atom. The van der Waals surface area contributed by atoms with E-state index in [0.29, 0.717) is 17.5 Å². The summed E-state index contributed by atoms with van der Waals surface area (Å²) in [5, 5.41) is 11.6. The van der Waals surface area contributed by atoms with E-state index in [4.69, 9.17) is 4.74 Å². The van der Waals surface area contributed by atoms with E-state index in [9.17, 15) is 9.90 Å². The molecule has 0 aliphatic carbocycles. The Morgan fingerprint density at radius 3 is 2.64 bits per heavy atom. The molecule has 1 aromatic heterocycles. The summed E-state index contributed by atoms with van der Waals surface area (Å²) >= 11 is 1.47. The SMILES string of the molecule is CCN(CC)c1cc(COC)nc(SCc2cccc(C(=O)[O-])c2)n1. The van der Waals surface area contributed by atoms with Crippen LogP contribution in [-0.4, -0.2) is 36.1 Å². The summed E-state index contributed by atoms with van der Waals surface area (Å²) in [5.74, 6) is 0.280. The van der Waals surface area contributed by atoms with Crippen molar-refractivity contribution in [1.82, 2.24) is 9.97 Å². The van der Waals surface area contributed by atoms with Crippen molar-refractivity contribution in [2.75, 3.05) is 25.1 Å². The van der Waals surface area contributed by atoms with Gasteiger partial charge in [0.1, 0.15) is 5.82 Å². The van der Waals surface area contributed by atoms with Crippen molar-refractivity contribution < 1.29 is 14.6 Å². The second-order valence-electron chi connectivity index (χ2n) is 5.38. The van der Waals surface area contributed by atoms with Crippen molar-refractivity contribution in [2.45, 2.75) is 31.4 Å². The average Bonchev–Trinajstić information content (AvgIpc) is 2.61. The molecule has 7 heteroatoms. The topological polar surface area (TPSA) is 78.4 Å². The number of ether oxygens (including phenoxy) is 1. The smallest absolute Gasteiger partial charge is 0.190 e. The van der Waals surface area contributed by atoms with E-state index in [1.54, 1.807) is 19.2 Å². The zero-order chi connectivity index (χ0) is 18.2. The molecule has 1 aromatic carbocycles. The van der Waals surface area contributed by atoms with Crippen molar-refractivity contribution in [2.24, 2.45) is 0 Å². The second-order valence-corrected chi connectivity index (χ2v) is 6.32. The summed E-state index contributed by atoms with van der Waals surface area (Å²) in [5.41, 5.74) is 1.89. The van der Waals surface area contributed by atoms with Crippen LogP contribution in [0, 0.1) is 0 Å². The molecule has 0 atom stereocenters. The molecule has 0 unspecified atom stereocenters. The number of hydrogen-bond acceptors (Lipinski definition) is 7. The van der Waals surface area contributed by atoms with Crippen molar-refractivity contribution in [3.63, 3.8) is 0 Å². The number of anilines is 1. The van der Waals surface area contributed by atoms with Gasteiger partial charge in [0.25, 0.3) is 0 Å². The number of aromatic nitrogens is 2. The van der Waals surface area contributed by atoms with Gasteiger partial charge in [-0.25, -0.2) is 9.97 Å². The maximum absolute atomic E-state index is 11.0. The number of benzene rings is 1. The van der Waals surface area contributed by atoms with Gasteiger partial charge >= 0.3 is 0 Å². The van der Waals surface area contributed by atoms with Crippen LogP contribution in [0.1, 0.15) is 35.5 Å². The summed E-state index contributed by atoms with van der Waals surface area (Å²) in [7, 11) is 1.64. The molecular formula is C18H22N3O3S-. The molecule has 134 valence electrons. The number of hydrogen-bond donors (Lipinski definition) is 0. The normalized spacial score (nSPS) is 10.7. The third-order valence-corrected chi connectivity index (χ3v) is 4.57. The maximum atomic E-state index is 11.0. The Balaban J connectivity index is 2.20. The minimum atomic E-state index is -1.17. The molecule has 2 rings (SSSR count). The number of aromatic carboxylic acids is 1. The van der Waals surface area contributed by atoms with Crippen LogP contribution in [0.3, 0.4) is 0 Å². The number of rotatable bonds is 9. The molecule has 2 aromatic rings. The standard InChI is InChI=1S/C18H23N3O3S/c1-4-21(5-2)16-10-15(11-24-3)19-18(20-16)25-12-13-7-6-8-14(9-13)17(22)23/h6-10H,4-5,11-12H2,1-3H3,(H,22,23)/p-1. The first-order chi connectivity index (χ1) is 12.1. The average molecular weight is 360 g/mol. The van der Waals surface area contributed by atoms with Gasteiger partial charge in [0.05, 0.1) is 18.3 Å². The van der Waals surface area contributed by atoms with Gasteiger partial charge < -0.3 is 19.5 Å². The summed E-state index contributed by atoms with van der Waals surface area (Å²) in [6, 6.07) is 8.68. The fraction of sp³-hybridized carbons (Fsp3) is 0.389. The van der Waals surface area contributed by atoms with E-state index < -0.39 is 5.97 Å². The largest absolute Gasteiger partial charge is 0.545 e. The highest BCUT2D eigenvalue weighted by molar-refractivity contribution is 7.98. The minimum Gasteiger partial charge on any atom is -0.545 e. The van der Waals surface area contributed by atoms with Crippen LogP contribution in [0.5, 0.6) is 0 Å². The first-order valence-electron chi connectivity index (χ1n) is 8.12. The van der Waals surface area contributed by atoms with Crippen molar-refractivity contribution in [1.29, 1.82) is 0 Å². The fourth-order valence-electron chi connectivity index (χ4n) is 2.39. The highest BCUT2D eigenvalue weighted by atomic mass is 32.2. The summed E-state index contributed by atoms with van der Waals surface area (Å²) in [6.07, 6.45) is 0. The van der Waals surface area contributed by atoms with Crippen LogP contribution >= 0.6 is 11.8 Å². The van der Waals surface area contributed by atoms with Crippen LogP contribution in [-0.2, 0) is 17.1 Å². The molecule has 25 heavy (non-hydrogen) atoms. The minimum absolute atomic E-state index is 0.177. The second kappa shape index (κ2) is 9.39. The number of thioether (sulfide) groups is 1. The molecule has 0 saturated carbocycles. The molecule has 0 fully saturated rings. The van der Waals surface area contributed by atoms with Gasteiger partial charge in [-0.2, -0.15) is 0 Å². The molecule has 1 heterocycles. The predicted octanol–water partition coefficient (Wildman–Crippen LogP) is 2.12. The van der Waals surface area contributed by atoms with Gasteiger partial charge in [-0.05, 0) is 31.0 Å². The van der Waals surface area contributed by atoms with Crippen LogP contribution in [0.2, 0.25) is 0 Å². The molecule has 0 radical (unpaired) electrons. The third kappa shape index (κ3) is 5.44. The Morgan fingerprint density at radius 1 is 1.24 bits per heavy atom. The van der Waals surface area contributed by atoms with E-state index >= 15 is 0 Å². The Hall–Kier alpha value is -2.12. The zero-order valence-corrected chi connectivity index (χ0v) is 15.5. The Labute approximate surface area is 152 Å². The Kier molecular flexibility index (Phi) is 7.21. The third-order valence-electron chi connectivity index (χ3n) is 3.66. The van der Waals surface area contributed by atoms with Gasteiger partial charge in [0, 0.05) is 32.0 Å². The first kappa shape index (κ1) is 19.2. The lowest BCUT2D eigenvalue weighted by molar-refractivity contribution is -0.255. The lowest BCUT2D eigenvalue weighted by Gasteiger charge is -2.20. The zero-order valence-electron chi connectivity index (χ0n) is 14.7. The lowest BCUT2D eigenvalue weighted by Crippen LogP contribution is -2.23. The highest BCUT2D eigenvalue weighted by Gasteiger charge is 2.10. The van der Waals surface area contributed by atoms with E-state index in [1.165, 1.54) is 17.8 Å². The highest BCUT2D eigenvalue weighted by Crippen LogP contribution is 2.23. The molecule has 0 N–H and O–H groups in total. The summed E-state index contributed by atoms with van der Waals surface area (Å²) in [6.45, 7) is 6.31. The van der Waals surface area contributed by atoms with Crippen LogP contribution < -0.4 is 10.0 Å². The van der Waals surface area contributed by atoms with Crippen molar-refractivity contribution in [3.05, 3.63) is 47.2 Å². The van der Waals surface area contributed by atoms with Gasteiger partial charge in [0.15, 0.2) is 5.16 Å². The number of carbonyl (C=O) groups excluding carboxylic acids is 1. The molecular weight excluding hydrogens is 338 g/mol. The number of methoxy groups -OCH3 is 1. The molecule has 6 nitrogen and oxygen atoms in total. The van der Waals surface area contributed by atoms with Crippen LogP contribution in [0.4, 0.5) is 5.82 Å². The van der Waals surface area contributed by atoms with Gasteiger partial charge in [-0.1, -0.05) is 30.0 Å². The van der Waals surface area contributed by atoms with Crippen LogP contribution in [0.15, 0.2) is 35.5 Å². The number of nitrogens with zero attached hydrogens (tertiary/aromatic N) is 3. The van der Waals surface area contributed by atoms with Crippen molar-refractivity contribution in [3.8, 4) is 0 Å². The molecule has 0 saturated heterocycles. The van der Waals surface area contributed by atoms with Gasteiger partial charge in [-0.3, -0.25) is 0 Å². The molecule has 0 aliphatic rings. The predicted molar refractivity (Wildman–Crippen MR) is 96.6 cm³/mol. The first-order valence-corrected chi connectivity index (χ1v) is 9.10. The quantitative estimate of drug-likeness (QED) is 0.501. The molecule has 0 amide bonds. The lowest BCUT2D eigenvalue weighted by atomic mass is 10.1. The van der Waals surface area contributed by atoms with E-state index in [0.717, 1.165) is 30.2 Å². The summed E-state index contributed by atoms with van der Waals surface area (Å²) in [4.78, 5) is 22.3. The van der Waals surface area contributed by atoms with Crippen LogP contribution in [0.25, 0.3) is 0 Å². The van der Waals surface area contributed by atoms with Gasteiger partial charge in [0.2, 0.25) is 0 Å². The monoisotopic (exact) mass is 360 g/mol.